The van der Waals surface area contributed by atoms with Crippen LogP contribution in [0.5, 0.6) is 0 Å². The minimum Gasteiger partial charge on any atom is -0.346 e. The van der Waals surface area contributed by atoms with Crippen LogP contribution in [-0.2, 0) is 3.55 Å². The van der Waals surface area contributed by atoms with Crippen LogP contribution in [0.1, 0.15) is 6.42 Å². The summed E-state index contributed by atoms with van der Waals surface area (Å²) in [5.74, 6) is 0. The van der Waals surface area contributed by atoms with Gasteiger partial charge >= 0.3 is 6.18 Å². The lowest BCUT2D eigenvalue weighted by Gasteiger charge is -2.29. The number of aromatic nitrogens is 5. The molecule has 23 heavy (non-hydrogen) atoms. The summed E-state index contributed by atoms with van der Waals surface area (Å²) in [6, 6.07) is 1.77. The Balaban J connectivity index is 2.09. The molecule has 120 valence electrons. The van der Waals surface area contributed by atoms with Crippen LogP contribution in [0.25, 0.3) is 22.3 Å². The number of hydrogen-bond acceptors (Lipinski definition) is 3. The number of allylic oxidation sites excluding steroid dienone is 1. The molecule has 0 fully saturated rings. The first-order chi connectivity index (χ1) is 10.9. The first kappa shape index (κ1) is 16.0. The standard InChI is InChI=1S/C14H11F3IN5/c1-2-4-13(18,14(15,16)17)23-7-9(6-22-23)11-10-3-5-19-12(10)21-8-20-11/h2-3,5-8H,1,4H2,(H,19,20,21). The molecule has 0 aliphatic heterocycles. The van der Waals surface area contributed by atoms with E-state index in [1.165, 1.54) is 47.4 Å². The van der Waals surface area contributed by atoms with Crippen LogP contribution in [0.15, 0.2) is 43.6 Å². The van der Waals surface area contributed by atoms with Crippen molar-refractivity contribution in [2.45, 2.75) is 16.1 Å². The Kier molecular flexibility index (Phi) is 3.90. The van der Waals surface area contributed by atoms with Crippen molar-refractivity contribution in [3.63, 3.8) is 0 Å². The molecule has 0 saturated carbocycles. The molecule has 0 bridgehead atoms. The fourth-order valence-corrected chi connectivity index (χ4v) is 2.85. The predicted molar refractivity (Wildman–Crippen MR) is 88.0 cm³/mol. The maximum absolute atomic E-state index is 13.4. The third kappa shape index (κ3) is 2.62. The minimum atomic E-state index is -4.47. The molecule has 1 unspecified atom stereocenters. The van der Waals surface area contributed by atoms with E-state index in [2.05, 4.69) is 26.6 Å². The number of rotatable bonds is 4. The first-order valence-corrected chi connectivity index (χ1v) is 7.65. The van der Waals surface area contributed by atoms with Gasteiger partial charge in [-0.3, -0.25) is 0 Å². The SMILES string of the molecule is C=CCC(I)(n1cc(-c2ncnc3[nH]ccc23)cn1)C(F)(F)F. The Morgan fingerprint density at radius 1 is 1.35 bits per heavy atom. The van der Waals surface area contributed by atoms with Gasteiger partial charge in [0, 0.05) is 29.8 Å². The molecule has 3 aromatic rings. The van der Waals surface area contributed by atoms with Crippen molar-refractivity contribution < 1.29 is 13.2 Å². The number of fused-ring (bicyclic) bond motifs is 1. The summed E-state index contributed by atoms with van der Waals surface area (Å²) < 4.78 is 39.1. The summed E-state index contributed by atoms with van der Waals surface area (Å²) >= 11 is 1.36. The average molecular weight is 433 g/mol. The van der Waals surface area contributed by atoms with E-state index in [-0.39, 0.29) is 6.42 Å². The molecule has 0 amide bonds. The van der Waals surface area contributed by atoms with Gasteiger partial charge in [0.15, 0.2) is 0 Å². The Hall–Kier alpha value is -1.91. The zero-order valence-corrected chi connectivity index (χ0v) is 13.8. The Labute approximate surface area is 142 Å². The lowest BCUT2D eigenvalue weighted by Crippen LogP contribution is -2.42. The average Bonchev–Trinajstić information content (AvgIpc) is 3.15. The summed E-state index contributed by atoms with van der Waals surface area (Å²) in [4.78, 5) is 11.2. The van der Waals surface area contributed by atoms with Crippen molar-refractivity contribution in [1.29, 1.82) is 0 Å². The maximum atomic E-state index is 13.4. The smallest absolute Gasteiger partial charge is 0.346 e. The molecule has 0 aliphatic rings. The highest BCUT2D eigenvalue weighted by Crippen LogP contribution is 2.45. The highest BCUT2D eigenvalue weighted by molar-refractivity contribution is 14.1. The summed E-state index contributed by atoms with van der Waals surface area (Å²) in [6.07, 6.45) is 2.24. The second-order valence-electron chi connectivity index (χ2n) is 4.89. The molecular weight excluding hydrogens is 422 g/mol. The Morgan fingerprint density at radius 3 is 2.83 bits per heavy atom. The zero-order valence-electron chi connectivity index (χ0n) is 11.7. The van der Waals surface area contributed by atoms with E-state index < -0.39 is 9.72 Å². The van der Waals surface area contributed by atoms with Crippen LogP contribution in [0.3, 0.4) is 0 Å². The van der Waals surface area contributed by atoms with Crippen molar-refractivity contribution in [2.24, 2.45) is 0 Å². The molecule has 0 spiro atoms. The van der Waals surface area contributed by atoms with Crippen LogP contribution in [0, 0.1) is 0 Å². The number of aromatic amines is 1. The summed E-state index contributed by atoms with van der Waals surface area (Å²) in [5.41, 5.74) is 1.64. The lowest BCUT2D eigenvalue weighted by molar-refractivity contribution is -0.176. The van der Waals surface area contributed by atoms with Crippen molar-refractivity contribution in [3.8, 4) is 11.3 Å². The van der Waals surface area contributed by atoms with Gasteiger partial charge in [-0.1, -0.05) is 6.08 Å². The molecule has 5 nitrogen and oxygen atoms in total. The summed E-state index contributed by atoms with van der Waals surface area (Å²) in [7, 11) is 0. The fraction of sp³-hybridized carbons (Fsp3) is 0.214. The minimum absolute atomic E-state index is 0.290. The second-order valence-corrected chi connectivity index (χ2v) is 6.67. The number of nitrogens with zero attached hydrogens (tertiary/aromatic N) is 4. The fourth-order valence-electron chi connectivity index (χ4n) is 2.27. The number of H-pyrrole nitrogens is 1. The molecule has 1 atom stereocenters. The van der Waals surface area contributed by atoms with Gasteiger partial charge in [-0.25, -0.2) is 14.6 Å². The van der Waals surface area contributed by atoms with Gasteiger partial charge in [0.1, 0.15) is 12.0 Å². The van der Waals surface area contributed by atoms with Gasteiger partial charge in [-0.15, -0.1) is 6.58 Å². The third-order valence-corrected chi connectivity index (χ3v) is 4.97. The van der Waals surface area contributed by atoms with Gasteiger partial charge < -0.3 is 4.98 Å². The van der Waals surface area contributed by atoms with Crippen molar-refractivity contribution in [3.05, 3.63) is 43.6 Å². The summed E-state index contributed by atoms with van der Waals surface area (Å²) in [6.45, 7) is 3.41. The molecular formula is C14H11F3IN5. The zero-order chi connectivity index (χ0) is 16.7. The molecule has 0 radical (unpaired) electrons. The quantitative estimate of drug-likeness (QED) is 0.384. The van der Waals surface area contributed by atoms with Crippen molar-refractivity contribution >= 4 is 33.6 Å². The Morgan fingerprint density at radius 2 is 2.13 bits per heavy atom. The van der Waals surface area contributed by atoms with Crippen LogP contribution >= 0.6 is 22.6 Å². The van der Waals surface area contributed by atoms with E-state index in [4.69, 9.17) is 0 Å². The van der Waals surface area contributed by atoms with E-state index in [1.807, 2.05) is 0 Å². The van der Waals surface area contributed by atoms with Crippen molar-refractivity contribution in [2.75, 3.05) is 0 Å². The number of halogens is 4. The van der Waals surface area contributed by atoms with Gasteiger partial charge in [-0.2, -0.15) is 18.3 Å². The molecule has 0 saturated heterocycles. The highest BCUT2D eigenvalue weighted by Gasteiger charge is 2.54. The predicted octanol–water partition coefficient (Wildman–Crippen LogP) is 4.05. The number of alkyl halides is 4. The van der Waals surface area contributed by atoms with Crippen LogP contribution in [0.4, 0.5) is 13.2 Å². The lowest BCUT2D eigenvalue weighted by atomic mass is 10.1. The van der Waals surface area contributed by atoms with Gasteiger partial charge in [0.25, 0.3) is 0 Å². The van der Waals surface area contributed by atoms with Crippen LogP contribution in [0.2, 0.25) is 0 Å². The van der Waals surface area contributed by atoms with E-state index in [1.54, 1.807) is 12.3 Å². The first-order valence-electron chi connectivity index (χ1n) is 6.57. The maximum Gasteiger partial charge on any atom is 0.423 e. The summed E-state index contributed by atoms with van der Waals surface area (Å²) in [5, 5.41) is 4.64. The molecule has 0 aliphatic carbocycles. The monoisotopic (exact) mass is 433 g/mol. The largest absolute Gasteiger partial charge is 0.423 e. The highest BCUT2D eigenvalue weighted by atomic mass is 127. The topological polar surface area (TPSA) is 59.4 Å². The molecule has 0 aromatic carbocycles. The number of nitrogens with one attached hydrogen (secondary N) is 1. The van der Waals surface area contributed by atoms with E-state index in [0.717, 1.165) is 10.1 Å². The second kappa shape index (κ2) is 5.62. The van der Waals surface area contributed by atoms with Gasteiger partial charge in [0.2, 0.25) is 3.55 Å². The van der Waals surface area contributed by atoms with Gasteiger partial charge in [0.05, 0.1) is 11.9 Å². The van der Waals surface area contributed by atoms with E-state index in [9.17, 15) is 13.2 Å². The molecule has 3 heterocycles. The normalized spacial score (nSPS) is 14.8. The number of hydrogen-bond donors (Lipinski definition) is 1. The van der Waals surface area contributed by atoms with E-state index >= 15 is 0 Å². The third-order valence-electron chi connectivity index (χ3n) is 3.42. The van der Waals surface area contributed by atoms with Crippen LogP contribution in [-0.4, -0.2) is 30.9 Å². The van der Waals surface area contributed by atoms with E-state index in [0.29, 0.717) is 16.9 Å². The van der Waals surface area contributed by atoms with Gasteiger partial charge in [-0.05, 0) is 28.7 Å². The van der Waals surface area contributed by atoms with Crippen LogP contribution < -0.4 is 0 Å². The Bertz CT molecular complexity index is 853. The molecule has 3 aromatic heterocycles. The molecule has 9 heteroatoms. The van der Waals surface area contributed by atoms with Crippen molar-refractivity contribution in [1.82, 2.24) is 24.7 Å². The molecule has 1 N–H and O–H groups in total. The molecule has 3 rings (SSSR count).